The summed E-state index contributed by atoms with van der Waals surface area (Å²) in [6, 6.07) is 1.74. The van der Waals surface area contributed by atoms with Crippen LogP contribution in [0.15, 0.2) is 6.07 Å². The van der Waals surface area contributed by atoms with Crippen molar-refractivity contribution in [2.75, 3.05) is 31.9 Å². The molecule has 17 heavy (non-hydrogen) atoms. The Balaban J connectivity index is 2.40. The number of carbonyl (C=O) groups excluding carboxylic acids is 1. The average Bonchev–Trinajstić information content (AvgIpc) is 2.65. The lowest BCUT2D eigenvalue weighted by molar-refractivity contribution is 0.0953. The minimum absolute atomic E-state index is 0.0260. The van der Waals surface area contributed by atoms with E-state index in [4.69, 9.17) is 5.73 Å². The molecule has 0 radical (unpaired) electrons. The molecule has 0 aliphatic rings. The maximum Gasteiger partial charge on any atom is 0.261 e. The van der Waals surface area contributed by atoms with Crippen molar-refractivity contribution in [1.82, 2.24) is 10.2 Å². The van der Waals surface area contributed by atoms with Gasteiger partial charge in [0.15, 0.2) is 0 Å². The van der Waals surface area contributed by atoms with E-state index in [0.717, 1.165) is 24.5 Å². The molecule has 0 saturated heterocycles. The van der Waals surface area contributed by atoms with E-state index in [-0.39, 0.29) is 5.91 Å². The van der Waals surface area contributed by atoms with Crippen LogP contribution in [0.25, 0.3) is 0 Å². The van der Waals surface area contributed by atoms with E-state index < -0.39 is 0 Å². The second-order valence-corrected chi connectivity index (χ2v) is 5.16. The molecule has 1 rings (SSSR count). The van der Waals surface area contributed by atoms with Crippen LogP contribution in [0.2, 0.25) is 0 Å². The SMILES string of the molecule is CCN(CC)CCNC(=O)c1cc(N)c(C)s1. The Morgan fingerprint density at radius 2 is 2.12 bits per heavy atom. The maximum absolute atomic E-state index is 11.8. The van der Waals surface area contributed by atoms with Crippen molar-refractivity contribution in [3.63, 3.8) is 0 Å². The highest BCUT2D eigenvalue weighted by molar-refractivity contribution is 7.14. The minimum atomic E-state index is -0.0260. The number of nitrogens with zero attached hydrogens (tertiary/aromatic N) is 1. The summed E-state index contributed by atoms with van der Waals surface area (Å²) in [6.07, 6.45) is 0. The molecule has 0 aliphatic carbocycles. The van der Waals surface area contributed by atoms with Gasteiger partial charge in [0.05, 0.1) is 4.88 Å². The third kappa shape index (κ3) is 4.02. The minimum Gasteiger partial charge on any atom is -0.398 e. The van der Waals surface area contributed by atoms with Gasteiger partial charge in [0.1, 0.15) is 0 Å². The first-order valence-electron chi connectivity index (χ1n) is 5.94. The van der Waals surface area contributed by atoms with Crippen LogP contribution in [0.3, 0.4) is 0 Å². The number of hydrogen-bond donors (Lipinski definition) is 2. The summed E-state index contributed by atoms with van der Waals surface area (Å²) in [5, 5.41) is 2.91. The van der Waals surface area contributed by atoms with E-state index in [2.05, 4.69) is 24.1 Å². The van der Waals surface area contributed by atoms with Crippen molar-refractivity contribution in [3.8, 4) is 0 Å². The summed E-state index contributed by atoms with van der Waals surface area (Å²) >= 11 is 1.44. The lowest BCUT2D eigenvalue weighted by atomic mass is 10.3. The molecular weight excluding hydrogens is 234 g/mol. The number of hydrogen-bond acceptors (Lipinski definition) is 4. The Kier molecular flexibility index (Phi) is 5.44. The Morgan fingerprint density at radius 1 is 1.47 bits per heavy atom. The first-order valence-corrected chi connectivity index (χ1v) is 6.76. The van der Waals surface area contributed by atoms with E-state index >= 15 is 0 Å². The molecule has 0 atom stereocenters. The van der Waals surface area contributed by atoms with Crippen LogP contribution in [0, 0.1) is 6.92 Å². The van der Waals surface area contributed by atoms with E-state index in [1.54, 1.807) is 6.07 Å². The molecule has 0 spiro atoms. The van der Waals surface area contributed by atoms with Crippen molar-refractivity contribution in [2.24, 2.45) is 0 Å². The largest absolute Gasteiger partial charge is 0.398 e. The zero-order valence-corrected chi connectivity index (χ0v) is 11.6. The van der Waals surface area contributed by atoms with Gasteiger partial charge in [-0.2, -0.15) is 0 Å². The summed E-state index contributed by atoms with van der Waals surface area (Å²) in [5.41, 5.74) is 6.42. The number of nitrogens with two attached hydrogens (primary N) is 1. The summed E-state index contributed by atoms with van der Waals surface area (Å²) in [7, 11) is 0. The topological polar surface area (TPSA) is 58.4 Å². The van der Waals surface area contributed by atoms with Crippen LogP contribution >= 0.6 is 11.3 Å². The van der Waals surface area contributed by atoms with Crippen molar-refractivity contribution in [2.45, 2.75) is 20.8 Å². The predicted molar refractivity (Wildman–Crippen MR) is 73.6 cm³/mol. The molecule has 0 fully saturated rings. The van der Waals surface area contributed by atoms with Gasteiger partial charge in [-0.15, -0.1) is 11.3 Å². The van der Waals surface area contributed by atoms with Gasteiger partial charge in [0, 0.05) is 23.7 Å². The molecule has 0 aliphatic heterocycles. The number of anilines is 1. The van der Waals surface area contributed by atoms with Crippen LogP contribution in [0.1, 0.15) is 28.4 Å². The molecule has 1 aromatic heterocycles. The van der Waals surface area contributed by atoms with Gasteiger partial charge in [-0.3, -0.25) is 4.79 Å². The van der Waals surface area contributed by atoms with Gasteiger partial charge in [-0.1, -0.05) is 13.8 Å². The fourth-order valence-electron chi connectivity index (χ4n) is 1.56. The molecule has 5 heteroatoms. The zero-order valence-electron chi connectivity index (χ0n) is 10.7. The Hall–Kier alpha value is -1.07. The summed E-state index contributed by atoms with van der Waals surface area (Å²) in [5.74, 6) is -0.0260. The molecule has 1 aromatic rings. The van der Waals surface area contributed by atoms with Gasteiger partial charge in [0.25, 0.3) is 5.91 Å². The number of aryl methyl sites for hydroxylation is 1. The van der Waals surface area contributed by atoms with Crippen LogP contribution in [0.4, 0.5) is 5.69 Å². The highest BCUT2D eigenvalue weighted by Crippen LogP contribution is 2.22. The first kappa shape index (κ1) is 14.0. The van der Waals surface area contributed by atoms with E-state index in [1.807, 2.05) is 6.92 Å². The normalized spacial score (nSPS) is 10.8. The Bertz CT molecular complexity index is 352. The lowest BCUT2D eigenvalue weighted by Crippen LogP contribution is -2.34. The highest BCUT2D eigenvalue weighted by Gasteiger charge is 2.10. The van der Waals surface area contributed by atoms with Gasteiger partial charge in [0.2, 0.25) is 0 Å². The Morgan fingerprint density at radius 3 is 2.59 bits per heavy atom. The number of nitrogens with one attached hydrogen (secondary N) is 1. The third-order valence-corrected chi connectivity index (χ3v) is 3.85. The number of carbonyl (C=O) groups is 1. The Labute approximate surface area is 107 Å². The number of amides is 1. The smallest absolute Gasteiger partial charge is 0.261 e. The molecule has 0 bridgehead atoms. The quantitative estimate of drug-likeness (QED) is 0.813. The van der Waals surface area contributed by atoms with Gasteiger partial charge >= 0.3 is 0 Å². The fourth-order valence-corrected chi connectivity index (χ4v) is 2.42. The molecule has 1 amide bonds. The molecule has 1 heterocycles. The van der Waals surface area contributed by atoms with Crippen LogP contribution in [0.5, 0.6) is 0 Å². The van der Waals surface area contributed by atoms with Crippen molar-refractivity contribution in [1.29, 1.82) is 0 Å². The van der Waals surface area contributed by atoms with Crippen LogP contribution in [-0.2, 0) is 0 Å². The number of thiophene rings is 1. The molecule has 0 saturated carbocycles. The fraction of sp³-hybridized carbons (Fsp3) is 0.583. The van der Waals surface area contributed by atoms with E-state index in [1.165, 1.54) is 11.3 Å². The van der Waals surface area contributed by atoms with Crippen LogP contribution < -0.4 is 11.1 Å². The third-order valence-electron chi connectivity index (χ3n) is 2.79. The second-order valence-electron chi connectivity index (χ2n) is 3.90. The van der Waals surface area contributed by atoms with E-state index in [9.17, 15) is 4.79 Å². The van der Waals surface area contributed by atoms with E-state index in [0.29, 0.717) is 17.1 Å². The maximum atomic E-state index is 11.8. The summed E-state index contributed by atoms with van der Waals surface area (Å²) < 4.78 is 0. The molecule has 4 nitrogen and oxygen atoms in total. The molecule has 3 N–H and O–H groups in total. The molecule has 96 valence electrons. The number of likely N-dealkylation sites (N-methyl/N-ethyl adjacent to an activating group) is 1. The van der Waals surface area contributed by atoms with Gasteiger partial charge < -0.3 is 16.0 Å². The highest BCUT2D eigenvalue weighted by atomic mass is 32.1. The molecular formula is C12H21N3OS. The monoisotopic (exact) mass is 255 g/mol. The van der Waals surface area contributed by atoms with Crippen LogP contribution in [-0.4, -0.2) is 37.0 Å². The number of rotatable bonds is 6. The zero-order chi connectivity index (χ0) is 12.8. The standard InChI is InChI=1S/C12H21N3OS/c1-4-15(5-2)7-6-14-12(16)11-8-10(13)9(3)17-11/h8H,4-7,13H2,1-3H3,(H,14,16). The summed E-state index contributed by atoms with van der Waals surface area (Å²) in [6.45, 7) is 9.75. The number of nitrogen functional groups attached to an aromatic ring is 1. The van der Waals surface area contributed by atoms with Gasteiger partial charge in [-0.25, -0.2) is 0 Å². The molecule has 0 aromatic carbocycles. The van der Waals surface area contributed by atoms with Gasteiger partial charge in [-0.05, 0) is 26.1 Å². The lowest BCUT2D eigenvalue weighted by Gasteiger charge is -2.17. The van der Waals surface area contributed by atoms with Crippen molar-refractivity contribution < 1.29 is 4.79 Å². The first-order chi connectivity index (χ1) is 8.08. The summed E-state index contributed by atoms with van der Waals surface area (Å²) in [4.78, 5) is 15.8. The second kappa shape index (κ2) is 6.61. The van der Waals surface area contributed by atoms with Crippen molar-refractivity contribution >= 4 is 22.9 Å². The average molecular weight is 255 g/mol. The van der Waals surface area contributed by atoms with Crippen molar-refractivity contribution in [3.05, 3.63) is 15.8 Å². The molecule has 0 unspecified atom stereocenters. The predicted octanol–water partition coefficient (Wildman–Crippen LogP) is 1.71.